The number of amides is 2. The molecule has 2 atom stereocenters. The Labute approximate surface area is 246 Å². The smallest absolute Gasteiger partial charge is 0.430 e. The summed E-state index contributed by atoms with van der Waals surface area (Å²) in [5, 5.41) is 2.78. The zero-order chi connectivity index (χ0) is 30.0. The van der Waals surface area contributed by atoms with Gasteiger partial charge in [-0.05, 0) is 23.8 Å². The molecule has 0 radical (unpaired) electrons. The second-order valence-electron chi connectivity index (χ2n) is 10.4. The van der Waals surface area contributed by atoms with Crippen molar-refractivity contribution in [1.82, 2.24) is 10.2 Å². The Bertz CT molecular complexity index is 1430. The van der Waals surface area contributed by atoms with E-state index in [0.29, 0.717) is 12.4 Å². The van der Waals surface area contributed by atoms with Gasteiger partial charge >= 0.3 is 12.3 Å². The molecule has 1 spiro atoms. The van der Waals surface area contributed by atoms with Gasteiger partial charge in [0.25, 0.3) is 11.5 Å². The highest BCUT2D eigenvalue weighted by molar-refractivity contribution is 6.30. The molecule has 0 aromatic heterocycles. The second kappa shape index (κ2) is 11.9. The van der Waals surface area contributed by atoms with E-state index in [0.717, 1.165) is 29.2 Å². The molecule has 2 heterocycles. The molecule has 11 heteroatoms. The molecule has 222 valence electrons. The number of hydrogen-bond acceptors (Lipinski definition) is 5. The van der Waals surface area contributed by atoms with Crippen molar-refractivity contribution >= 4 is 23.6 Å². The van der Waals surface area contributed by atoms with Gasteiger partial charge < -0.3 is 24.4 Å². The average molecular weight is 603 g/mol. The molecular weight excluding hydrogens is 573 g/mol. The first-order valence-corrected chi connectivity index (χ1v) is 13.9. The highest BCUT2D eigenvalue weighted by Crippen LogP contribution is 2.48. The number of hydrogen-bond donors (Lipinski definition) is 1. The van der Waals surface area contributed by atoms with E-state index in [1.165, 1.54) is 18.2 Å². The molecule has 0 unspecified atom stereocenters. The number of carbonyl (C=O) groups is 2. The lowest BCUT2D eigenvalue weighted by atomic mass is 9.74. The third-order valence-corrected chi connectivity index (χ3v) is 8.28. The molecule has 0 aliphatic carbocycles. The lowest BCUT2D eigenvalue weighted by Crippen LogP contribution is -2.62. The van der Waals surface area contributed by atoms with Crippen LogP contribution in [0, 0.1) is 0 Å². The summed E-state index contributed by atoms with van der Waals surface area (Å²) in [4.78, 5) is 27.2. The van der Waals surface area contributed by atoms with Gasteiger partial charge in [0.05, 0.1) is 0 Å². The quantitative estimate of drug-likeness (QED) is 0.348. The van der Waals surface area contributed by atoms with E-state index in [1.54, 1.807) is 0 Å². The van der Waals surface area contributed by atoms with Gasteiger partial charge in [-0.15, -0.1) is 0 Å². The van der Waals surface area contributed by atoms with Crippen LogP contribution in [0.5, 0.6) is 5.75 Å². The Hall–Kier alpha value is -3.76. The largest absolute Gasteiger partial charge is 0.489 e. The van der Waals surface area contributed by atoms with Crippen LogP contribution in [0.2, 0.25) is 5.02 Å². The van der Waals surface area contributed by atoms with Gasteiger partial charge in [0.2, 0.25) is 0 Å². The molecule has 3 aromatic rings. The molecule has 5 rings (SSSR count). The third kappa shape index (κ3) is 5.53. The van der Waals surface area contributed by atoms with Crippen LogP contribution in [0.1, 0.15) is 35.4 Å². The lowest BCUT2D eigenvalue weighted by molar-refractivity contribution is -0.271. The van der Waals surface area contributed by atoms with Crippen LogP contribution in [-0.2, 0) is 26.5 Å². The molecule has 2 aliphatic heterocycles. The third-order valence-electron chi connectivity index (χ3n) is 8.05. The number of alkyl halides is 3. The number of likely N-dealkylation sites (tertiary alicyclic amines) is 1. The van der Waals surface area contributed by atoms with Crippen molar-refractivity contribution in [1.29, 1.82) is 0 Å². The summed E-state index contributed by atoms with van der Waals surface area (Å²) < 4.78 is 60.9. The number of nitrogens with zero attached hydrogens (tertiary/aromatic N) is 1. The van der Waals surface area contributed by atoms with Gasteiger partial charge in [0.15, 0.2) is 0 Å². The van der Waals surface area contributed by atoms with Crippen molar-refractivity contribution in [3.05, 3.63) is 101 Å². The van der Waals surface area contributed by atoms with Crippen molar-refractivity contribution in [2.45, 2.75) is 42.7 Å². The van der Waals surface area contributed by atoms with E-state index < -0.39 is 34.9 Å². The lowest BCUT2D eigenvalue weighted by Gasteiger charge is -2.49. The fourth-order valence-electron chi connectivity index (χ4n) is 5.89. The maximum absolute atomic E-state index is 14.6. The Morgan fingerprint density at radius 2 is 1.74 bits per heavy atom. The summed E-state index contributed by atoms with van der Waals surface area (Å²) in [5.41, 5.74) is -2.94. The highest BCUT2D eigenvalue weighted by Gasteiger charge is 2.64. The van der Waals surface area contributed by atoms with Gasteiger partial charge in [0, 0.05) is 61.7 Å². The SMILES string of the molecule is CO[C@@](C(=O)N1CCC2(CC1)OC(=O)NC[C@@H]2c1ccccc1OCc1ccccc1)(c1cccc(Cl)c1)C(F)(F)F. The van der Waals surface area contributed by atoms with E-state index in [9.17, 15) is 22.8 Å². The first-order chi connectivity index (χ1) is 20.1. The number of piperidine rings is 1. The molecule has 2 fully saturated rings. The number of ether oxygens (including phenoxy) is 3. The molecule has 1 N–H and O–H groups in total. The monoisotopic (exact) mass is 602 g/mol. The van der Waals surface area contributed by atoms with Crippen LogP contribution in [-0.4, -0.2) is 55.4 Å². The van der Waals surface area contributed by atoms with Gasteiger partial charge in [-0.25, -0.2) is 4.79 Å². The predicted molar refractivity (Wildman–Crippen MR) is 149 cm³/mol. The van der Waals surface area contributed by atoms with Gasteiger partial charge in [-0.3, -0.25) is 4.79 Å². The van der Waals surface area contributed by atoms with Crippen LogP contribution >= 0.6 is 11.6 Å². The topological polar surface area (TPSA) is 77.1 Å². The van der Waals surface area contributed by atoms with Crippen molar-refractivity contribution < 1.29 is 37.0 Å². The average Bonchev–Trinajstić information content (AvgIpc) is 2.97. The number of carbonyl (C=O) groups excluding carboxylic acids is 2. The van der Waals surface area contributed by atoms with Crippen molar-refractivity contribution in [2.24, 2.45) is 0 Å². The standard InChI is InChI=1S/C31H30ClF3N2O5/c1-40-30(31(33,34)35,22-10-7-11-23(32)18-22)27(38)37-16-14-29(15-17-37)25(19-36-28(39)42-29)24-12-5-6-13-26(24)41-20-21-8-3-2-4-9-21/h2-13,18,25H,14-17,19-20H2,1H3,(H,36,39)/t25-,30-/m1/s1. The first-order valence-electron chi connectivity index (χ1n) is 13.5. The number of benzene rings is 3. The number of methoxy groups -OCH3 is 1. The number of rotatable bonds is 7. The molecule has 3 aromatic carbocycles. The molecule has 0 saturated carbocycles. The Balaban J connectivity index is 1.41. The van der Waals surface area contributed by atoms with E-state index >= 15 is 0 Å². The zero-order valence-electron chi connectivity index (χ0n) is 22.8. The summed E-state index contributed by atoms with van der Waals surface area (Å²) in [5.74, 6) is -1.01. The summed E-state index contributed by atoms with van der Waals surface area (Å²) in [6.07, 6.45) is -5.44. The normalized spacial score (nSPS) is 19.9. The minimum Gasteiger partial charge on any atom is -0.489 e. The highest BCUT2D eigenvalue weighted by atomic mass is 35.5. The number of nitrogens with one attached hydrogen (secondary N) is 1. The van der Waals surface area contributed by atoms with Crippen LogP contribution in [0.4, 0.5) is 18.0 Å². The van der Waals surface area contributed by atoms with E-state index in [4.69, 9.17) is 25.8 Å². The minimum atomic E-state index is -5.07. The molecule has 2 amide bonds. The Morgan fingerprint density at radius 3 is 2.40 bits per heavy atom. The number of alkyl carbamates (subject to hydrolysis) is 1. The Kier molecular flexibility index (Phi) is 8.39. The van der Waals surface area contributed by atoms with E-state index in [1.807, 2.05) is 54.6 Å². The number of halogens is 4. The molecule has 2 saturated heterocycles. The van der Waals surface area contributed by atoms with Gasteiger partial charge in [-0.1, -0.05) is 72.3 Å². The molecule has 42 heavy (non-hydrogen) atoms. The maximum Gasteiger partial charge on any atom is 0.430 e. The van der Waals surface area contributed by atoms with Crippen molar-refractivity contribution in [3.8, 4) is 5.75 Å². The zero-order valence-corrected chi connectivity index (χ0v) is 23.6. The van der Waals surface area contributed by atoms with Crippen LogP contribution in [0.3, 0.4) is 0 Å². The fraction of sp³-hybridized carbons (Fsp3) is 0.355. The van der Waals surface area contributed by atoms with Crippen LogP contribution < -0.4 is 10.1 Å². The van der Waals surface area contributed by atoms with Crippen molar-refractivity contribution in [3.63, 3.8) is 0 Å². The minimum absolute atomic E-state index is 0.0428. The van der Waals surface area contributed by atoms with Crippen LogP contribution in [0.25, 0.3) is 0 Å². The predicted octanol–water partition coefficient (Wildman–Crippen LogP) is 6.21. The number of para-hydroxylation sites is 1. The Morgan fingerprint density at radius 1 is 1.05 bits per heavy atom. The van der Waals surface area contributed by atoms with Gasteiger partial charge in [0.1, 0.15) is 18.0 Å². The molecule has 0 bridgehead atoms. The fourth-order valence-corrected chi connectivity index (χ4v) is 6.08. The van der Waals surface area contributed by atoms with E-state index in [2.05, 4.69) is 5.32 Å². The van der Waals surface area contributed by atoms with Gasteiger partial charge in [-0.2, -0.15) is 13.2 Å². The first kappa shape index (κ1) is 29.7. The summed E-state index contributed by atoms with van der Waals surface area (Å²) >= 11 is 5.99. The summed E-state index contributed by atoms with van der Waals surface area (Å²) in [6, 6.07) is 22.1. The van der Waals surface area contributed by atoms with Crippen molar-refractivity contribution in [2.75, 3.05) is 26.7 Å². The molecular formula is C31H30ClF3N2O5. The summed E-state index contributed by atoms with van der Waals surface area (Å²) in [6.45, 7) is 0.396. The summed E-state index contributed by atoms with van der Waals surface area (Å²) in [7, 11) is 0.856. The van der Waals surface area contributed by atoms with E-state index in [-0.39, 0.29) is 43.4 Å². The molecule has 2 aliphatic rings. The maximum atomic E-state index is 14.6. The van der Waals surface area contributed by atoms with Crippen LogP contribution in [0.15, 0.2) is 78.9 Å². The second-order valence-corrected chi connectivity index (χ2v) is 10.8. The molecule has 7 nitrogen and oxygen atoms in total.